The van der Waals surface area contributed by atoms with Gasteiger partial charge in [-0.1, -0.05) is 24.3 Å². The molecule has 2 aliphatic rings. The van der Waals surface area contributed by atoms with E-state index in [2.05, 4.69) is 9.97 Å². The summed E-state index contributed by atoms with van der Waals surface area (Å²) in [6.07, 6.45) is 1.13. The Labute approximate surface area is 172 Å². The molecule has 2 saturated heterocycles. The molecule has 2 fully saturated rings. The van der Waals surface area contributed by atoms with Gasteiger partial charge in [0.2, 0.25) is 0 Å². The number of aromatic nitrogens is 2. The Balaban J connectivity index is 1.51. The van der Waals surface area contributed by atoms with Crippen LogP contribution in [0.3, 0.4) is 0 Å². The van der Waals surface area contributed by atoms with E-state index < -0.39 is 20.3 Å². The van der Waals surface area contributed by atoms with Crippen molar-refractivity contribution in [2.24, 2.45) is 0 Å². The number of H-pyrrole nitrogens is 1. The first-order chi connectivity index (χ1) is 13.6. The van der Waals surface area contributed by atoms with Crippen molar-refractivity contribution < 1.29 is 18.7 Å². The molecule has 0 saturated carbocycles. The molecule has 0 aliphatic carbocycles. The molecule has 0 bridgehead atoms. The summed E-state index contributed by atoms with van der Waals surface area (Å²) in [7, 11) is -1.11. The molecule has 3 heterocycles. The zero-order valence-electron chi connectivity index (χ0n) is 17.6. The van der Waals surface area contributed by atoms with E-state index in [1.807, 2.05) is 52.0 Å². The highest BCUT2D eigenvalue weighted by molar-refractivity contribution is 6.62. The highest BCUT2D eigenvalue weighted by atomic mass is 19.1. The smallest absolute Gasteiger partial charge is 0.437 e. The maximum Gasteiger partial charge on any atom is 0.494 e. The third-order valence-electron chi connectivity index (χ3n) is 6.43. The lowest BCUT2D eigenvalue weighted by Crippen LogP contribution is -2.41. The van der Waals surface area contributed by atoms with Crippen LogP contribution in [-0.4, -0.2) is 57.9 Å². The van der Waals surface area contributed by atoms with E-state index in [-0.39, 0.29) is 23.8 Å². The first-order valence-electron chi connectivity index (χ1n) is 10.2. The molecule has 0 unspecified atom stereocenters. The van der Waals surface area contributed by atoms with Gasteiger partial charge in [-0.05, 0) is 45.5 Å². The van der Waals surface area contributed by atoms with Gasteiger partial charge in [-0.3, -0.25) is 0 Å². The van der Waals surface area contributed by atoms with Crippen LogP contribution in [0.5, 0.6) is 0 Å². The van der Waals surface area contributed by atoms with Gasteiger partial charge >= 0.3 is 14.2 Å². The van der Waals surface area contributed by atoms with Crippen molar-refractivity contribution in [1.29, 1.82) is 0 Å². The average molecular weight is 399 g/mol. The van der Waals surface area contributed by atoms with E-state index in [0.717, 1.165) is 16.7 Å². The minimum absolute atomic E-state index is 0.223. The second-order valence-electron chi connectivity index (χ2n) is 9.07. The van der Waals surface area contributed by atoms with Gasteiger partial charge in [0.15, 0.2) is 0 Å². The van der Waals surface area contributed by atoms with Crippen LogP contribution in [-0.2, 0) is 9.31 Å². The number of aromatic amines is 1. The third-order valence-corrected chi connectivity index (χ3v) is 6.43. The number of rotatable bonds is 4. The summed E-state index contributed by atoms with van der Waals surface area (Å²) < 4.78 is 26.1. The van der Waals surface area contributed by atoms with Crippen molar-refractivity contribution in [2.75, 3.05) is 6.54 Å². The Kier molecular flexibility index (Phi) is 5.14. The number of nitrogens with one attached hydrogen (secondary N) is 1. The molecule has 0 amide bonds. The standard InChI is InChI=1S/C20H28B2FN3O3/c1-19(2)20(3,4)29-22(28-19)14-8-6-13(7-9-14)16-11-24-18(25-16)17-10-15(23)12-26(17)21(5)27/h6-9,11,15,17,27H,10,12H2,1-5H3,(H,24,25)/t15-,17+/m1/s1. The maximum absolute atomic E-state index is 13.9. The zero-order chi connectivity index (χ0) is 21.0. The van der Waals surface area contributed by atoms with Gasteiger partial charge < -0.3 is 24.1 Å². The molecule has 2 N–H and O–H groups in total. The van der Waals surface area contributed by atoms with E-state index in [4.69, 9.17) is 9.31 Å². The van der Waals surface area contributed by atoms with Gasteiger partial charge in [0.05, 0.1) is 29.1 Å². The number of halogens is 1. The molecule has 1 aromatic heterocycles. The lowest BCUT2D eigenvalue weighted by Gasteiger charge is -2.32. The van der Waals surface area contributed by atoms with E-state index in [9.17, 15) is 9.41 Å². The van der Waals surface area contributed by atoms with Crippen molar-refractivity contribution in [2.45, 2.75) is 64.4 Å². The van der Waals surface area contributed by atoms with Crippen molar-refractivity contribution in [3.8, 4) is 11.3 Å². The molecule has 0 radical (unpaired) electrons. The number of benzene rings is 1. The van der Waals surface area contributed by atoms with Crippen LogP contribution in [0.25, 0.3) is 11.3 Å². The van der Waals surface area contributed by atoms with Gasteiger partial charge in [-0.15, -0.1) is 0 Å². The van der Waals surface area contributed by atoms with Gasteiger partial charge in [0.25, 0.3) is 0 Å². The van der Waals surface area contributed by atoms with Gasteiger partial charge in [0.1, 0.15) is 12.0 Å². The van der Waals surface area contributed by atoms with Crippen LogP contribution < -0.4 is 5.46 Å². The van der Waals surface area contributed by atoms with Crippen LogP contribution in [0.1, 0.15) is 46.0 Å². The van der Waals surface area contributed by atoms with Crippen molar-refractivity contribution in [3.05, 3.63) is 36.3 Å². The molecule has 154 valence electrons. The van der Waals surface area contributed by atoms with E-state index in [0.29, 0.717) is 12.2 Å². The highest BCUT2D eigenvalue weighted by Crippen LogP contribution is 2.37. The molecule has 29 heavy (non-hydrogen) atoms. The second-order valence-corrected chi connectivity index (χ2v) is 9.07. The molecular weight excluding hydrogens is 371 g/mol. The van der Waals surface area contributed by atoms with E-state index in [1.54, 1.807) is 17.8 Å². The summed E-state index contributed by atoms with van der Waals surface area (Å²) in [6, 6.07) is 7.73. The Bertz CT molecular complexity index is 856. The fourth-order valence-corrected chi connectivity index (χ4v) is 3.94. The summed E-state index contributed by atoms with van der Waals surface area (Å²) in [5.74, 6) is 0.677. The first kappa shape index (κ1) is 20.6. The van der Waals surface area contributed by atoms with E-state index in [1.165, 1.54) is 0 Å². The topological polar surface area (TPSA) is 70.6 Å². The van der Waals surface area contributed by atoms with E-state index >= 15 is 0 Å². The largest absolute Gasteiger partial charge is 0.494 e. The van der Waals surface area contributed by atoms with Gasteiger partial charge in [-0.2, -0.15) is 0 Å². The Hall–Kier alpha value is -1.67. The quantitative estimate of drug-likeness (QED) is 0.774. The zero-order valence-corrected chi connectivity index (χ0v) is 17.6. The molecular formula is C20H28B2FN3O3. The average Bonchev–Trinajstić information content (AvgIpc) is 3.32. The molecule has 2 aromatic rings. The van der Waals surface area contributed by atoms with Gasteiger partial charge in [-0.25, -0.2) is 9.37 Å². The second kappa shape index (κ2) is 7.23. The van der Waals surface area contributed by atoms with Crippen molar-refractivity contribution >= 4 is 19.6 Å². The fraction of sp³-hybridized carbons (Fsp3) is 0.550. The summed E-state index contributed by atoms with van der Waals surface area (Å²) in [5, 5.41) is 9.93. The molecule has 0 spiro atoms. The number of hydrogen-bond acceptors (Lipinski definition) is 5. The van der Waals surface area contributed by atoms with Crippen molar-refractivity contribution in [1.82, 2.24) is 14.8 Å². The Morgan fingerprint density at radius 3 is 2.41 bits per heavy atom. The predicted octanol–water partition coefficient (Wildman–Crippen LogP) is 2.57. The highest BCUT2D eigenvalue weighted by Gasteiger charge is 2.51. The lowest BCUT2D eigenvalue weighted by molar-refractivity contribution is 0.00578. The summed E-state index contributed by atoms with van der Waals surface area (Å²) >= 11 is 0. The van der Waals surface area contributed by atoms with Crippen LogP contribution in [0.15, 0.2) is 30.5 Å². The maximum atomic E-state index is 13.9. The van der Waals surface area contributed by atoms with Crippen molar-refractivity contribution in [3.63, 3.8) is 0 Å². The molecule has 4 rings (SSSR count). The molecule has 1 aromatic carbocycles. The summed E-state index contributed by atoms with van der Waals surface area (Å²) in [6.45, 7) is 10.0. The number of nitrogens with zero attached hydrogens (tertiary/aromatic N) is 2. The van der Waals surface area contributed by atoms with Crippen LogP contribution in [0, 0.1) is 0 Å². The molecule has 6 nitrogen and oxygen atoms in total. The molecule has 2 aliphatic heterocycles. The summed E-state index contributed by atoms with van der Waals surface area (Å²) in [5.41, 5.74) is 2.04. The number of hydrogen-bond donors (Lipinski definition) is 2. The van der Waals surface area contributed by atoms with Gasteiger partial charge in [0, 0.05) is 13.0 Å². The Morgan fingerprint density at radius 2 is 1.83 bits per heavy atom. The first-order valence-corrected chi connectivity index (χ1v) is 10.2. The fourth-order valence-electron chi connectivity index (χ4n) is 3.94. The van der Waals surface area contributed by atoms with Crippen LogP contribution in [0.4, 0.5) is 4.39 Å². The third kappa shape index (κ3) is 3.77. The molecule has 2 atom stereocenters. The number of imidazole rings is 1. The minimum Gasteiger partial charge on any atom is -0.437 e. The van der Waals surface area contributed by atoms with Crippen LogP contribution in [0.2, 0.25) is 6.82 Å². The predicted molar refractivity (Wildman–Crippen MR) is 113 cm³/mol. The normalized spacial score (nSPS) is 26.2. The summed E-state index contributed by atoms with van der Waals surface area (Å²) in [4.78, 5) is 9.48. The monoisotopic (exact) mass is 399 g/mol. The minimum atomic E-state index is -0.956. The number of alkyl halides is 1. The Morgan fingerprint density at radius 1 is 1.21 bits per heavy atom. The lowest BCUT2D eigenvalue weighted by atomic mass is 9.79. The van der Waals surface area contributed by atoms with Crippen LogP contribution >= 0.6 is 0 Å². The molecule has 9 heteroatoms. The SMILES string of the molecule is CB(O)N1C[C@H](F)C[C@H]1c1ncc(-c2ccc(B3OC(C)(C)C(C)(C)O3)cc2)[nH]1.